The van der Waals surface area contributed by atoms with E-state index in [1.807, 2.05) is 13.8 Å². The van der Waals surface area contributed by atoms with Crippen molar-refractivity contribution < 1.29 is 19.1 Å². The fourth-order valence-electron chi connectivity index (χ4n) is 4.20. The zero-order chi connectivity index (χ0) is 23.9. The monoisotopic (exact) mass is 446 g/mol. The van der Waals surface area contributed by atoms with Crippen molar-refractivity contribution >= 4 is 11.9 Å². The van der Waals surface area contributed by atoms with Gasteiger partial charge in [-0.2, -0.15) is 0 Å². The molecule has 0 aromatic heterocycles. The molecule has 1 aromatic carbocycles. The Hall–Kier alpha value is -1.84. The van der Waals surface area contributed by atoms with Gasteiger partial charge >= 0.3 is 11.9 Å². The minimum Gasteiger partial charge on any atom is -0.459 e. The largest absolute Gasteiger partial charge is 0.459 e. The van der Waals surface area contributed by atoms with Crippen LogP contribution in [0.5, 0.6) is 0 Å². The Bertz CT molecular complexity index is 604. The molecular weight excluding hydrogens is 400 g/mol. The highest BCUT2D eigenvalue weighted by Crippen LogP contribution is 2.22. The van der Waals surface area contributed by atoms with Gasteiger partial charge in [0.15, 0.2) is 0 Å². The lowest BCUT2D eigenvalue weighted by atomic mass is 9.95. The molecule has 0 heterocycles. The first-order valence-electron chi connectivity index (χ1n) is 12.9. The van der Waals surface area contributed by atoms with Crippen molar-refractivity contribution in [3.05, 3.63) is 35.4 Å². The molecule has 0 N–H and O–H groups in total. The van der Waals surface area contributed by atoms with Crippen LogP contribution >= 0.6 is 0 Å². The second-order valence-electron chi connectivity index (χ2n) is 8.94. The predicted octanol–water partition coefficient (Wildman–Crippen LogP) is 7.99. The van der Waals surface area contributed by atoms with Gasteiger partial charge in [0.1, 0.15) is 12.2 Å². The van der Waals surface area contributed by atoms with E-state index in [1.54, 1.807) is 24.3 Å². The maximum Gasteiger partial charge on any atom is 0.339 e. The van der Waals surface area contributed by atoms with E-state index in [0.29, 0.717) is 23.0 Å². The van der Waals surface area contributed by atoms with E-state index < -0.39 is 11.9 Å². The van der Waals surface area contributed by atoms with Gasteiger partial charge in [0, 0.05) is 0 Å². The number of hydrogen-bond donors (Lipinski definition) is 0. The standard InChI is InChI=1S/C28H46O4/c1-7-21(8-2)17-19-23(11-5)31-27(29)25-15-13-14-16-26(25)28(30)32-24(12-6)20-18-22(9-3)10-4/h13-16,21-24H,7-12,17-20H2,1-6H3. The number of rotatable bonds is 16. The van der Waals surface area contributed by atoms with E-state index in [1.165, 1.54) is 0 Å². The Balaban J connectivity index is 2.82. The summed E-state index contributed by atoms with van der Waals surface area (Å²) in [6.45, 7) is 12.9. The van der Waals surface area contributed by atoms with Crippen LogP contribution in [0.15, 0.2) is 24.3 Å². The Labute approximate surface area is 196 Å². The maximum atomic E-state index is 12.9. The molecule has 0 aliphatic heterocycles. The molecule has 0 saturated carbocycles. The summed E-state index contributed by atoms with van der Waals surface area (Å²) in [6.07, 6.45) is 9.68. The van der Waals surface area contributed by atoms with Gasteiger partial charge < -0.3 is 9.47 Å². The summed E-state index contributed by atoms with van der Waals surface area (Å²) >= 11 is 0. The molecule has 0 bridgehead atoms. The molecule has 0 fully saturated rings. The number of carbonyl (C=O) groups is 2. The molecule has 0 aliphatic rings. The Morgan fingerprint density at radius 3 is 1.22 bits per heavy atom. The van der Waals surface area contributed by atoms with Crippen LogP contribution in [0.1, 0.15) is 126 Å². The van der Waals surface area contributed by atoms with Gasteiger partial charge in [-0.1, -0.05) is 79.4 Å². The number of esters is 2. The first-order chi connectivity index (χ1) is 15.4. The van der Waals surface area contributed by atoms with Crippen LogP contribution in [0.2, 0.25) is 0 Å². The van der Waals surface area contributed by atoms with E-state index >= 15 is 0 Å². The third-order valence-electron chi connectivity index (χ3n) is 6.93. The van der Waals surface area contributed by atoms with Crippen LogP contribution < -0.4 is 0 Å². The smallest absolute Gasteiger partial charge is 0.339 e. The molecule has 1 rings (SSSR count). The highest BCUT2D eigenvalue weighted by Gasteiger charge is 2.24. The summed E-state index contributed by atoms with van der Waals surface area (Å²) in [4.78, 5) is 25.9. The average molecular weight is 447 g/mol. The van der Waals surface area contributed by atoms with Crippen molar-refractivity contribution in [3.8, 4) is 0 Å². The molecule has 0 amide bonds. The molecule has 2 unspecified atom stereocenters. The summed E-state index contributed by atoms with van der Waals surface area (Å²) in [6, 6.07) is 6.86. The summed E-state index contributed by atoms with van der Waals surface area (Å²) in [5, 5.41) is 0. The SMILES string of the molecule is CCC(CC)CCC(CC)OC(=O)c1ccccc1C(=O)OC(CC)CCC(CC)CC. The molecule has 4 nitrogen and oxygen atoms in total. The van der Waals surface area contributed by atoms with Gasteiger partial charge in [-0.15, -0.1) is 0 Å². The van der Waals surface area contributed by atoms with Gasteiger partial charge in [0.2, 0.25) is 0 Å². The van der Waals surface area contributed by atoms with Gasteiger partial charge in [-0.25, -0.2) is 9.59 Å². The summed E-state index contributed by atoms with van der Waals surface area (Å²) in [5.41, 5.74) is 0.599. The quantitative estimate of drug-likeness (QED) is 0.241. The fourth-order valence-corrected chi connectivity index (χ4v) is 4.20. The lowest BCUT2D eigenvalue weighted by Crippen LogP contribution is -2.23. The van der Waals surface area contributed by atoms with Crippen LogP contribution in [0.4, 0.5) is 0 Å². The van der Waals surface area contributed by atoms with E-state index in [9.17, 15) is 9.59 Å². The van der Waals surface area contributed by atoms with Crippen molar-refractivity contribution in [2.75, 3.05) is 0 Å². The molecule has 2 atom stereocenters. The number of carbonyl (C=O) groups excluding carboxylic acids is 2. The minimum absolute atomic E-state index is 0.129. The van der Waals surface area contributed by atoms with Crippen LogP contribution in [0, 0.1) is 11.8 Å². The maximum absolute atomic E-state index is 12.9. The van der Waals surface area contributed by atoms with E-state index in [2.05, 4.69) is 27.7 Å². The fraction of sp³-hybridized carbons (Fsp3) is 0.714. The van der Waals surface area contributed by atoms with Crippen LogP contribution in [-0.4, -0.2) is 24.1 Å². The number of hydrogen-bond acceptors (Lipinski definition) is 4. The highest BCUT2D eigenvalue weighted by atomic mass is 16.5. The normalized spacial score (nSPS) is 13.2. The first kappa shape index (κ1) is 28.2. The summed E-state index contributed by atoms with van der Waals surface area (Å²) in [5.74, 6) is 0.463. The van der Waals surface area contributed by atoms with Gasteiger partial charge in [-0.05, 0) is 62.5 Å². The zero-order valence-corrected chi connectivity index (χ0v) is 21.3. The highest BCUT2D eigenvalue weighted by molar-refractivity contribution is 6.03. The van der Waals surface area contributed by atoms with Gasteiger partial charge in [-0.3, -0.25) is 0 Å². The number of benzene rings is 1. The second kappa shape index (κ2) is 15.9. The predicted molar refractivity (Wildman–Crippen MR) is 132 cm³/mol. The van der Waals surface area contributed by atoms with Crippen molar-refractivity contribution in [3.63, 3.8) is 0 Å². The molecule has 0 spiro atoms. The lowest BCUT2D eigenvalue weighted by molar-refractivity contribution is 0.0209. The minimum atomic E-state index is -0.431. The van der Waals surface area contributed by atoms with Crippen molar-refractivity contribution in [1.82, 2.24) is 0 Å². The van der Waals surface area contributed by atoms with Gasteiger partial charge in [0.25, 0.3) is 0 Å². The molecule has 4 heteroatoms. The molecule has 0 radical (unpaired) electrons. The van der Waals surface area contributed by atoms with Crippen LogP contribution in [0.25, 0.3) is 0 Å². The Morgan fingerprint density at radius 2 is 0.938 bits per heavy atom. The van der Waals surface area contributed by atoms with Gasteiger partial charge in [0.05, 0.1) is 11.1 Å². The molecule has 0 aliphatic carbocycles. The third kappa shape index (κ3) is 9.34. The molecule has 32 heavy (non-hydrogen) atoms. The van der Waals surface area contributed by atoms with E-state index in [0.717, 1.165) is 64.2 Å². The van der Waals surface area contributed by atoms with Crippen LogP contribution in [-0.2, 0) is 9.47 Å². The lowest BCUT2D eigenvalue weighted by Gasteiger charge is -2.21. The Kier molecular flexibility index (Phi) is 14.0. The van der Waals surface area contributed by atoms with E-state index in [4.69, 9.17) is 9.47 Å². The van der Waals surface area contributed by atoms with Crippen molar-refractivity contribution in [1.29, 1.82) is 0 Å². The van der Waals surface area contributed by atoms with Crippen molar-refractivity contribution in [2.45, 2.75) is 118 Å². The second-order valence-corrected chi connectivity index (χ2v) is 8.94. The Morgan fingerprint density at radius 1 is 0.594 bits per heavy atom. The summed E-state index contributed by atoms with van der Waals surface area (Å²) < 4.78 is 11.6. The summed E-state index contributed by atoms with van der Waals surface area (Å²) in [7, 11) is 0. The topological polar surface area (TPSA) is 52.6 Å². The first-order valence-corrected chi connectivity index (χ1v) is 12.9. The van der Waals surface area contributed by atoms with Crippen LogP contribution in [0.3, 0.4) is 0 Å². The molecule has 0 saturated heterocycles. The van der Waals surface area contributed by atoms with E-state index in [-0.39, 0.29) is 12.2 Å². The third-order valence-corrected chi connectivity index (χ3v) is 6.93. The zero-order valence-electron chi connectivity index (χ0n) is 21.3. The molecular formula is C28H46O4. The number of ether oxygens (including phenoxy) is 2. The average Bonchev–Trinajstić information content (AvgIpc) is 2.83. The molecule has 182 valence electrons. The molecule has 1 aromatic rings. The van der Waals surface area contributed by atoms with Crippen molar-refractivity contribution in [2.24, 2.45) is 11.8 Å².